The van der Waals surface area contributed by atoms with Gasteiger partial charge in [-0.25, -0.2) is 0 Å². The monoisotopic (exact) mass is 313 g/mol. The first-order chi connectivity index (χ1) is 10.4. The minimum absolute atomic E-state index is 0.206. The molecule has 0 aromatic carbocycles. The summed E-state index contributed by atoms with van der Waals surface area (Å²) in [6, 6.07) is 0. The lowest BCUT2D eigenvalue weighted by Crippen LogP contribution is -2.59. The van der Waals surface area contributed by atoms with Crippen molar-refractivity contribution in [2.45, 2.75) is 62.4 Å². The summed E-state index contributed by atoms with van der Waals surface area (Å²) in [6.07, 6.45) is 1.92. The molecule has 2 aliphatic rings. The van der Waals surface area contributed by atoms with E-state index in [4.69, 9.17) is 4.74 Å². The van der Waals surface area contributed by atoms with Gasteiger partial charge in [0.2, 0.25) is 0 Å². The van der Waals surface area contributed by atoms with Crippen molar-refractivity contribution >= 4 is 11.9 Å². The van der Waals surface area contributed by atoms with Crippen LogP contribution in [0, 0.1) is 0 Å². The average Bonchev–Trinajstić information content (AvgIpc) is 2.46. The summed E-state index contributed by atoms with van der Waals surface area (Å²) in [5, 5.41) is 32.8. The smallest absolute Gasteiger partial charge is 0.306 e. The third-order valence-corrected chi connectivity index (χ3v) is 4.12. The molecule has 4 N–H and O–H groups in total. The second-order valence-electron chi connectivity index (χ2n) is 5.95. The van der Waals surface area contributed by atoms with Gasteiger partial charge in [0.15, 0.2) is 0 Å². The molecular weight excluding hydrogens is 290 g/mol. The van der Waals surface area contributed by atoms with Crippen LogP contribution < -0.4 is 5.32 Å². The van der Waals surface area contributed by atoms with Crippen molar-refractivity contribution in [2.75, 3.05) is 6.54 Å². The number of fused-ring (bicyclic) bond motifs is 2. The molecule has 1 amide bonds. The molecule has 1 fully saturated rings. The summed E-state index contributed by atoms with van der Waals surface area (Å²) in [5.41, 5.74) is -1.86. The molecular formula is C15H23NO6. The number of hydrogen-bond acceptors (Lipinski definition) is 6. The first-order valence-corrected chi connectivity index (χ1v) is 7.64. The largest absolute Gasteiger partial charge is 0.459 e. The number of aliphatic hydroxyl groups excluding tert-OH is 2. The third kappa shape index (κ3) is 4.06. The van der Waals surface area contributed by atoms with Crippen molar-refractivity contribution in [2.24, 2.45) is 0 Å². The normalized spacial score (nSPS) is 39.3. The highest BCUT2D eigenvalue weighted by molar-refractivity contribution is 5.85. The number of carbonyl (C=O) groups excluding carboxylic acids is 2. The summed E-state index contributed by atoms with van der Waals surface area (Å²) in [4.78, 5) is 23.9. The second-order valence-corrected chi connectivity index (χ2v) is 5.95. The van der Waals surface area contributed by atoms with E-state index in [1.165, 1.54) is 0 Å². The number of amides is 1. The van der Waals surface area contributed by atoms with Crippen molar-refractivity contribution in [3.63, 3.8) is 0 Å². The maximum atomic E-state index is 12.1. The highest BCUT2D eigenvalue weighted by atomic mass is 16.6. The minimum atomic E-state index is -1.86. The fraction of sp³-hybridized carbons (Fsp3) is 0.733. The summed E-state index contributed by atoms with van der Waals surface area (Å²) in [5.74, 6) is -1.14. The van der Waals surface area contributed by atoms with Gasteiger partial charge in [0, 0.05) is 25.8 Å². The molecule has 0 aromatic rings. The maximum Gasteiger partial charge on any atom is 0.306 e. The van der Waals surface area contributed by atoms with Crippen molar-refractivity contribution in [1.82, 2.24) is 5.32 Å². The summed E-state index contributed by atoms with van der Waals surface area (Å²) >= 11 is 0. The van der Waals surface area contributed by atoms with E-state index in [1.54, 1.807) is 6.08 Å². The highest BCUT2D eigenvalue weighted by Gasteiger charge is 2.50. The van der Waals surface area contributed by atoms with Gasteiger partial charge >= 0.3 is 5.97 Å². The van der Waals surface area contributed by atoms with Gasteiger partial charge < -0.3 is 25.4 Å². The van der Waals surface area contributed by atoms with Crippen molar-refractivity contribution in [1.29, 1.82) is 0 Å². The van der Waals surface area contributed by atoms with E-state index in [0.29, 0.717) is 6.42 Å². The van der Waals surface area contributed by atoms with Crippen LogP contribution in [-0.4, -0.2) is 57.7 Å². The SMILES string of the molecule is O=C1CCCC/C=C/CNC(=O)[C@@]2(O)CC(O1)[C@H](O)[C@H](O)C2. The maximum absolute atomic E-state index is 12.1. The molecule has 124 valence electrons. The number of allylic oxidation sites excluding steroid dienone is 1. The van der Waals surface area contributed by atoms with Gasteiger partial charge in [0.1, 0.15) is 17.8 Å². The lowest BCUT2D eigenvalue weighted by Gasteiger charge is -2.40. The van der Waals surface area contributed by atoms with Gasteiger partial charge in [-0.1, -0.05) is 12.2 Å². The number of esters is 1. The predicted molar refractivity (Wildman–Crippen MR) is 76.7 cm³/mol. The van der Waals surface area contributed by atoms with Crippen LogP contribution in [0.15, 0.2) is 12.2 Å². The molecule has 0 radical (unpaired) electrons. The van der Waals surface area contributed by atoms with E-state index >= 15 is 0 Å². The van der Waals surface area contributed by atoms with Gasteiger partial charge in [-0.15, -0.1) is 0 Å². The Labute approximate surface area is 129 Å². The molecule has 4 atom stereocenters. The number of nitrogens with one attached hydrogen (secondary N) is 1. The molecule has 1 saturated carbocycles. The van der Waals surface area contributed by atoms with Crippen LogP contribution in [0.3, 0.4) is 0 Å². The fourth-order valence-corrected chi connectivity index (χ4v) is 2.82. The zero-order valence-electron chi connectivity index (χ0n) is 12.4. The predicted octanol–water partition coefficient (Wildman–Crippen LogP) is -0.609. The lowest BCUT2D eigenvalue weighted by molar-refractivity contribution is -0.190. The van der Waals surface area contributed by atoms with Crippen molar-refractivity contribution < 1.29 is 29.6 Å². The summed E-state index contributed by atoms with van der Waals surface area (Å²) < 4.78 is 5.16. The number of ether oxygens (including phenoxy) is 1. The van der Waals surface area contributed by atoms with Gasteiger partial charge in [0.05, 0.1) is 6.10 Å². The quantitative estimate of drug-likeness (QED) is 0.350. The molecule has 0 aromatic heterocycles. The van der Waals surface area contributed by atoms with Gasteiger partial charge in [0.25, 0.3) is 5.91 Å². The van der Waals surface area contributed by atoms with Crippen LogP contribution in [0.4, 0.5) is 0 Å². The van der Waals surface area contributed by atoms with E-state index in [9.17, 15) is 24.9 Å². The fourth-order valence-electron chi connectivity index (χ4n) is 2.82. The second kappa shape index (κ2) is 7.21. The highest BCUT2D eigenvalue weighted by Crippen LogP contribution is 2.31. The molecule has 1 unspecified atom stereocenters. The zero-order valence-corrected chi connectivity index (χ0v) is 12.4. The molecule has 22 heavy (non-hydrogen) atoms. The van der Waals surface area contributed by atoms with E-state index in [-0.39, 0.29) is 25.8 Å². The molecule has 2 rings (SSSR count). The molecule has 0 spiro atoms. The van der Waals surface area contributed by atoms with Gasteiger partial charge in [-0.2, -0.15) is 0 Å². The van der Waals surface area contributed by atoms with Gasteiger partial charge in [-0.3, -0.25) is 9.59 Å². The first kappa shape index (κ1) is 16.9. The molecule has 0 saturated heterocycles. The molecule has 1 heterocycles. The van der Waals surface area contributed by atoms with Crippen molar-refractivity contribution in [3.8, 4) is 0 Å². The molecule has 1 aliphatic heterocycles. The molecule has 7 heteroatoms. The topological polar surface area (TPSA) is 116 Å². The Morgan fingerprint density at radius 2 is 1.95 bits per heavy atom. The Kier molecular flexibility index (Phi) is 5.55. The Balaban J connectivity index is 2.17. The van der Waals surface area contributed by atoms with Crippen LogP contribution in [0.25, 0.3) is 0 Å². The number of carbonyl (C=O) groups is 2. The zero-order chi connectivity index (χ0) is 16.2. The Morgan fingerprint density at radius 3 is 2.73 bits per heavy atom. The van der Waals surface area contributed by atoms with E-state index in [0.717, 1.165) is 12.8 Å². The number of rotatable bonds is 0. The molecule has 1 aliphatic carbocycles. The summed E-state index contributed by atoms with van der Waals surface area (Å²) in [7, 11) is 0. The van der Waals surface area contributed by atoms with Crippen molar-refractivity contribution in [3.05, 3.63) is 12.2 Å². The van der Waals surface area contributed by atoms with Crippen LogP contribution in [-0.2, 0) is 14.3 Å². The standard InChI is InChI=1S/C15H23NO6/c17-10-8-15(21)9-11(13(10)19)22-12(18)6-4-2-1-3-5-7-16-14(15)20/h3,5,10-11,13,17,19,21H,1-2,4,6-9H2,(H,16,20)/b5-3+/t10-,11?,13-,15+/m1/s1. The number of aliphatic hydroxyl groups is 3. The van der Waals surface area contributed by atoms with E-state index < -0.39 is 35.8 Å². The molecule has 2 bridgehead atoms. The average molecular weight is 313 g/mol. The Morgan fingerprint density at radius 1 is 1.18 bits per heavy atom. The lowest BCUT2D eigenvalue weighted by atomic mass is 9.79. The summed E-state index contributed by atoms with van der Waals surface area (Å²) in [6.45, 7) is 0.282. The van der Waals surface area contributed by atoms with E-state index in [2.05, 4.69) is 5.32 Å². The first-order valence-electron chi connectivity index (χ1n) is 7.64. The number of hydrogen-bond donors (Lipinski definition) is 4. The van der Waals surface area contributed by atoms with Crippen LogP contribution in [0.2, 0.25) is 0 Å². The van der Waals surface area contributed by atoms with Crippen LogP contribution in [0.5, 0.6) is 0 Å². The van der Waals surface area contributed by atoms with Gasteiger partial charge in [-0.05, 0) is 19.3 Å². The molecule has 7 nitrogen and oxygen atoms in total. The van der Waals surface area contributed by atoms with E-state index in [1.807, 2.05) is 6.08 Å². The minimum Gasteiger partial charge on any atom is -0.459 e. The third-order valence-electron chi connectivity index (χ3n) is 4.12. The van der Waals surface area contributed by atoms with Crippen LogP contribution in [0.1, 0.15) is 38.5 Å². The van der Waals surface area contributed by atoms with Crippen LogP contribution >= 0.6 is 0 Å². The Hall–Kier alpha value is -1.44. The Bertz CT molecular complexity index is 451.